The fourth-order valence-electron chi connectivity index (χ4n) is 0.666. The van der Waals surface area contributed by atoms with E-state index in [2.05, 4.69) is 24.5 Å². The Labute approximate surface area is 85.0 Å². The van der Waals surface area contributed by atoms with Crippen molar-refractivity contribution in [1.29, 1.82) is 0 Å². The van der Waals surface area contributed by atoms with Gasteiger partial charge in [-0.15, -0.1) is 0 Å². The fraction of sp³-hybridized carbons (Fsp3) is 0.889. The van der Waals surface area contributed by atoms with Gasteiger partial charge in [0.25, 0.3) is 0 Å². The summed E-state index contributed by atoms with van der Waals surface area (Å²) in [6, 6.07) is -0.0658. The monoisotopic (exact) mass is 204 g/mol. The van der Waals surface area contributed by atoms with Crippen molar-refractivity contribution in [3.8, 4) is 0 Å². The van der Waals surface area contributed by atoms with E-state index in [1.807, 2.05) is 13.2 Å². The van der Waals surface area contributed by atoms with Crippen molar-refractivity contribution in [3.05, 3.63) is 0 Å². The Kier molecular flexibility index (Phi) is 5.95. The number of nitrogens with one attached hydrogen (secondary N) is 2. The number of hydrogen-bond acceptors (Lipinski definition) is 2. The average Bonchev–Trinajstić information content (AvgIpc) is 2.11. The summed E-state index contributed by atoms with van der Waals surface area (Å²) >= 11 is 1.75. The molecule has 0 fully saturated rings. The van der Waals surface area contributed by atoms with Gasteiger partial charge in [-0.05, 0) is 26.5 Å². The molecule has 0 radical (unpaired) electrons. The van der Waals surface area contributed by atoms with Gasteiger partial charge >= 0.3 is 6.03 Å². The van der Waals surface area contributed by atoms with Crippen molar-refractivity contribution in [2.24, 2.45) is 0 Å². The van der Waals surface area contributed by atoms with Crippen LogP contribution in [0.15, 0.2) is 0 Å². The molecular weight excluding hydrogens is 184 g/mol. The van der Waals surface area contributed by atoms with Crippen LogP contribution < -0.4 is 10.6 Å². The van der Waals surface area contributed by atoms with Crippen LogP contribution in [0.1, 0.15) is 27.2 Å². The van der Waals surface area contributed by atoms with Crippen LogP contribution in [-0.4, -0.2) is 30.1 Å². The number of rotatable bonds is 5. The lowest BCUT2D eigenvalue weighted by Gasteiger charge is -2.22. The molecule has 0 atom stereocenters. The van der Waals surface area contributed by atoms with Crippen molar-refractivity contribution in [3.63, 3.8) is 0 Å². The Bertz CT molecular complexity index is 160. The van der Waals surface area contributed by atoms with Crippen LogP contribution in [-0.2, 0) is 0 Å². The molecule has 0 aliphatic heterocycles. The summed E-state index contributed by atoms with van der Waals surface area (Å²) in [6.07, 6.45) is 3.02. The van der Waals surface area contributed by atoms with Crippen LogP contribution in [0.3, 0.4) is 0 Å². The van der Waals surface area contributed by atoms with Crippen molar-refractivity contribution >= 4 is 17.8 Å². The van der Waals surface area contributed by atoms with E-state index in [0.717, 1.165) is 13.0 Å². The molecule has 4 heteroatoms. The molecular formula is C9H20N2OS. The van der Waals surface area contributed by atoms with Gasteiger partial charge in [-0.3, -0.25) is 0 Å². The largest absolute Gasteiger partial charge is 0.338 e. The number of carbonyl (C=O) groups is 1. The molecule has 0 unspecified atom stereocenters. The van der Waals surface area contributed by atoms with Gasteiger partial charge in [-0.2, -0.15) is 11.8 Å². The van der Waals surface area contributed by atoms with Crippen LogP contribution in [0.4, 0.5) is 4.79 Å². The predicted octanol–water partition coefficient (Wildman–Crippen LogP) is 1.84. The van der Waals surface area contributed by atoms with Crippen LogP contribution in [0.2, 0.25) is 0 Å². The van der Waals surface area contributed by atoms with Gasteiger partial charge in [-0.25, -0.2) is 4.79 Å². The van der Waals surface area contributed by atoms with Crippen LogP contribution in [0, 0.1) is 0 Å². The summed E-state index contributed by atoms with van der Waals surface area (Å²) < 4.78 is 0.115. The third kappa shape index (κ3) is 6.75. The van der Waals surface area contributed by atoms with Gasteiger partial charge in [0.1, 0.15) is 0 Å². The zero-order valence-electron chi connectivity index (χ0n) is 8.94. The molecule has 78 valence electrons. The first kappa shape index (κ1) is 12.6. The minimum Gasteiger partial charge on any atom is -0.338 e. The van der Waals surface area contributed by atoms with E-state index < -0.39 is 0 Å². The van der Waals surface area contributed by atoms with Gasteiger partial charge in [0.05, 0.1) is 0 Å². The van der Waals surface area contributed by atoms with Crippen molar-refractivity contribution in [2.45, 2.75) is 31.9 Å². The maximum absolute atomic E-state index is 11.1. The van der Waals surface area contributed by atoms with Crippen LogP contribution in [0.5, 0.6) is 0 Å². The summed E-state index contributed by atoms with van der Waals surface area (Å²) in [5, 5.41) is 5.61. The second-order valence-electron chi connectivity index (χ2n) is 3.57. The lowest BCUT2D eigenvalue weighted by Crippen LogP contribution is -2.42. The molecule has 2 amide bonds. The molecule has 0 aromatic carbocycles. The van der Waals surface area contributed by atoms with Crippen molar-refractivity contribution in [2.75, 3.05) is 19.3 Å². The topological polar surface area (TPSA) is 41.1 Å². The molecule has 0 spiro atoms. The Balaban J connectivity index is 3.57. The average molecular weight is 204 g/mol. The Morgan fingerprint density at radius 3 is 2.46 bits per heavy atom. The van der Waals surface area contributed by atoms with Crippen molar-refractivity contribution in [1.82, 2.24) is 10.6 Å². The maximum atomic E-state index is 11.1. The molecule has 3 nitrogen and oxygen atoms in total. The third-order valence-corrected chi connectivity index (χ3v) is 3.01. The Morgan fingerprint density at radius 2 is 2.00 bits per heavy atom. The maximum Gasteiger partial charge on any atom is 0.314 e. The number of hydrogen-bond donors (Lipinski definition) is 2. The first-order valence-electron chi connectivity index (χ1n) is 4.58. The second-order valence-corrected chi connectivity index (χ2v) is 5.09. The van der Waals surface area contributed by atoms with E-state index in [1.54, 1.807) is 11.8 Å². The highest BCUT2D eigenvalue weighted by Crippen LogP contribution is 2.19. The summed E-state index contributed by atoms with van der Waals surface area (Å²) in [6.45, 7) is 7.69. The highest BCUT2D eigenvalue weighted by molar-refractivity contribution is 7.99. The first-order chi connectivity index (χ1) is 6.02. The molecule has 0 rings (SSSR count). The van der Waals surface area contributed by atoms with E-state index in [9.17, 15) is 4.79 Å². The summed E-state index contributed by atoms with van der Waals surface area (Å²) in [5.74, 6) is 0. The minimum absolute atomic E-state index is 0.0658. The normalized spacial score (nSPS) is 11.1. The molecule has 0 aromatic rings. The Hall–Kier alpha value is -0.380. The molecule has 0 saturated carbocycles. The number of thioether (sulfide) groups is 1. The molecule has 0 saturated heterocycles. The first-order valence-corrected chi connectivity index (χ1v) is 5.81. The van der Waals surface area contributed by atoms with Gasteiger partial charge < -0.3 is 10.6 Å². The SMILES string of the molecule is CCCNC(=O)NCC(C)(C)SC. The van der Waals surface area contributed by atoms with E-state index >= 15 is 0 Å². The summed E-state index contributed by atoms with van der Waals surface area (Å²) in [4.78, 5) is 11.1. The van der Waals surface area contributed by atoms with Gasteiger partial charge in [0.15, 0.2) is 0 Å². The van der Waals surface area contributed by atoms with Gasteiger partial charge in [0.2, 0.25) is 0 Å². The number of amides is 2. The van der Waals surface area contributed by atoms with Gasteiger partial charge in [0, 0.05) is 17.8 Å². The molecule has 0 aliphatic rings. The minimum atomic E-state index is -0.0658. The lowest BCUT2D eigenvalue weighted by atomic mass is 10.2. The highest BCUT2D eigenvalue weighted by atomic mass is 32.2. The zero-order valence-corrected chi connectivity index (χ0v) is 9.75. The Morgan fingerprint density at radius 1 is 1.38 bits per heavy atom. The third-order valence-electron chi connectivity index (χ3n) is 1.76. The van der Waals surface area contributed by atoms with Crippen LogP contribution >= 0.6 is 11.8 Å². The van der Waals surface area contributed by atoms with E-state index in [-0.39, 0.29) is 10.8 Å². The summed E-state index contributed by atoms with van der Waals surface area (Å²) in [5.41, 5.74) is 0. The smallest absolute Gasteiger partial charge is 0.314 e. The van der Waals surface area contributed by atoms with Gasteiger partial charge in [-0.1, -0.05) is 6.92 Å². The van der Waals surface area contributed by atoms with E-state index in [0.29, 0.717) is 6.54 Å². The molecule has 0 bridgehead atoms. The molecule has 0 aliphatic carbocycles. The summed E-state index contributed by atoms with van der Waals surface area (Å²) in [7, 11) is 0. The molecule has 0 heterocycles. The predicted molar refractivity (Wildman–Crippen MR) is 59.3 cm³/mol. The quantitative estimate of drug-likeness (QED) is 0.717. The second kappa shape index (κ2) is 6.13. The van der Waals surface area contributed by atoms with Crippen molar-refractivity contribution < 1.29 is 4.79 Å². The molecule has 2 N–H and O–H groups in total. The fourth-order valence-corrected chi connectivity index (χ4v) is 0.883. The zero-order chi connectivity index (χ0) is 10.3. The molecule has 0 aromatic heterocycles. The van der Waals surface area contributed by atoms with E-state index in [4.69, 9.17) is 0 Å². The van der Waals surface area contributed by atoms with E-state index in [1.165, 1.54) is 0 Å². The number of urea groups is 1. The lowest BCUT2D eigenvalue weighted by molar-refractivity contribution is 0.240. The molecule has 13 heavy (non-hydrogen) atoms. The van der Waals surface area contributed by atoms with Crippen LogP contribution in [0.25, 0.3) is 0 Å². The standard InChI is InChI=1S/C9H20N2OS/c1-5-6-10-8(12)11-7-9(2,3)13-4/h5-7H2,1-4H3,(H2,10,11,12). The highest BCUT2D eigenvalue weighted by Gasteiger charge is 2.16. The number of carbonyl (C=O) groups excluding carboxylic acids is 1.